The fourth-order valence-electron chi connectivity index (χ4n) is 0.495. The molecule has 0 amide bonds. The van der Waals surface area contributed by atoms with E-state index in [9.17, 15) is 4.79 Å². The van der Waals surface area contributed by atoms with Crippen LogP contribution in [0.4, 0.5) is 0 Å². The van der Waals surface area contributed by atoms with E-state index in [1.54, 1.807) is 0 Å². The van der Waals surface area contributed by atoms with Crippen LogP contribution in [0.5, 0.6) is 0 Å². The molecule has 0 atom stereocenters. The SMILES string of the molecule is [CH2]CCCCOC(C)=O.[I-].[Zn]. The molecule has 0 spiro atoms. The van der Waals surface area contributed by atoms with Crippen LogP contribution >= 0.6 is 0 Å². The zero-order valence-electron chi connectivity index (χ0n) is 6.94. The van der Waals surface area contributed by atoms with Crippen LogP contribution in [0, 0.1) is 6.92 Å². The van der Waals surface area contributed by atoms with E-state index in [1.165, 1.54) is 6.92 Å². The number of hydrogen-bond donors (Lipinski definition) is 0. The second-order valence-corrected chi connectivity index (χ2v) is 1.90. The van der Waals surface area contributed by atoms with Crippen molar-refractivity contribution in [2.45, 2.75) is 26.2 Å². The molecule has 0 heterocycles. The van der Waals surface area contributed by atoms with E-state index in [4.69, 9.17) is 0 Å². The standard InChI is InChI=1S/C7H13O2.HI.Zn/c1-3-4-5-6-9-7(2)8;;/h1,3-6H2,2H3;1H;/p-1. The van der Waals surface area contributed by atoms with Crippen LogP contribution in [0.15, 0.2) is 0 Å². The Hall–Kier alpha value is 0.823. The molecule has 0 fully saturated rings. The van der Waals surface area contributed by atoms with Crippen LogP contribution in [0.3, 0.4) is 0 Å². The summed E-state index contributed by atoms with van der Waals surface area (Å²) in [7, 11) is 0. The summed E-state index contributed by atoms with van der Waals surface area (Å²) >= 11 is 0. The van der Waals surface area contributed by atoms with E-state index in [-0.39, 0.29) is 49.4 Å². The Labute approximate surface area is 98.2 Å². The summed E-state index contributed by atoms with van der Waals surface area (Å²) in [5, 5.41) is 0. The van der Waals surface area contributed by atoms with E-state index in [2.05, 4.69) is 11.7 Å². The van der Waals surface area contributed by atoms with E-state index >= 15 is 0 Å². The molecule has 0 aliphatic rings. The number of esters is 1. The van der Waals surface area contributed by atoms with Crippen molar-refractivity contribution in [3.05, 3.63) is 6.92 Å². The minimum Gasteiger partial charge on any atom is -1.00 e. The van der Waals surface area contributed by atoms with Crippen molar-refractivity contribution in [3.8, 4) is 0 Å². The third-order valence-electron chi connectivity index (χ3n) is 0.950. The molecular formula is C7H13IO2Zn-. The van der Waals surface area contributed by atoms with E-state index in [0.29, 0.717) is 6.61 Å². The Morgan fingerprint density at radius 3 is 2.36 bits per heavy atom. The fourth-order valence-corrected chi connectivity index (χ4v) is 0.495. The first kappa shape index (κ1) is 17.8. The van der Waals surface area contributed by atoms with Gasteiger partial charge in [0.2, 0.25) is 0 Å². The molecule has 0 bridgehead atoms. The van der Waals surface area contributed by atoms with Gasteiger partial charge in [-0.3, -0.25) is 4.79 Å². The van der Waals surface area contributed by atoms with Gasteiger partial charge in [-0.25, -0.2) is 0 Å². The van der Waals surface area contributed by atoms with Crippen LogP contribution in [-0.4, -0.2) is 12.6 Å². The predicted octanol–water partition coefficient (Wildman–Crippen LogP) is -1.44. The second-order valence-electron chi connectivity index (χ2n) is 1.90. The molecule has 0 rings (SSSR count). The molecule has 0 aliphatic carbocycles. The quantitative estimate of drug-likeness (QED) is 0.274. The molecule has 0 aromatic rings. The summed E-state index contributed by atoms with van der Waals surface area (Å²) in [6.07, 6.45) is 2.89. The van der Waals surface area contributed by atoms with Gasteiger partial charge in [0.25, 0.3) is 0 Å². The average Bonchev–Trinajstić information content (AvgIpc) is 1.80. The molecule has 4 heteroatoms. The van der Waals surface area contributed by atoms with Crippen molar-refractivity contribution in [2.75, 3.05) is 6.61 Å². The van der Waals surface area contributed by atoms with Gasteiger partial charge in [-0.2, -0.15) is 0 Å². The largest absolute Gasteiger partial charge is 1.00 e. The second kappa shape index (κ2) is 13.4. The summed E-state index contributed by atoms with van der Waals surface area (Å²) in [6, 6.07) is 0. The molecule has 63 valence electrons. The fraction of sp³-hybridized carbons (Fsp3) is 0.714. The monoisotopic (exact) mass is 320 g/mol. The molecule has 0 unspecified atom stereocenters. The van der Waals surface area contributed by atoms with Crippen LogP contribution in [0.25, 0.3) is 0 Å². The minimum absolute atomic E-state index is 0. The Balaban J connectivity index is -0.000000320. The van der Waals surface area contributed by atoms with Gasteiger partial charge in [0.1, 0.15) is 0 Å². The molecule has 0 aliphatic heterocycles. The number of carbonyl (C=O) groups is 1. The predicted molar refractivity (Wildman–Crippen MR) is 35.8 cm³/mol. The number of halogens is 1. The molecule has 2 nitrogen and oxygen atoms in total. The van der Waals surface area contributed by atoms with Crippen molar-refractivity contribution in [1.82, 2.24) is 0 Å². The van der Waals surface area contributed by atoms with Gasteiger partial charge in [-0.1, -0.05) is 19.8 Å². The van der Waals surface area contributed by atoms with Crippen molar-refractivity contribution in [1.29, 1.82) is 0 Å². The maximum absolute atomic E-state index is 10.2. The van der Waals surface area contributed by atoms with Crippen LogP contribution < -0.4 is 24.0 Å². The first-order valence-electron chi connectivity index (χ1n) is 3.20. The van der Waals surface area contributed by atoms with Crippen molar-refractivity contribution < 1.29 is 53.0 Å². The number of hydrogen-bond acceptors (Lipinski definition) is 2. The van der Waals surface area contributed by atoms with Gasteiger partial charge in [-0.15, -0.1) is 0 Å². The average molecular weight is 321 g/mol. The Kier molecular flexibility index (Phi) is 21.7. The molecule has 0 N–H and O–H groups in total. The van der Waals surface area contributed by atoms with Crippen molar-refractivity contribution in [2.24, 2.45) is 0 Å². The van der Waals surface area contributed by atoms with Gasteiger partial charge in [-0.05, 0) is 6.42 Å². The topological polar surface area (TPSA) is 26.3 Å². The van der Waals surface area contributed by atoms with Crippen molar-refractivity contribution >= 4 is 5.97 Å². The first-order chi connectivity index (χ1) is 4.27. The number of unbranched alkanes of at least 4 members (excludes halogenated alkanes) is 2. The zero-order chi connectivity index (χ0) is 7.11. The third-order valence-corrected chi connectivity index (χ3v) is 0.950. The minimum atomic E-state index is -0.195. The molecular weight excluding hydrogens is 308 g/mol. The Morgan fingerprint density at radius 2 is 2.00 bits per heavy atom. The molecule has 1 radical (unpaired) electrons. The third kappa shape index (κ3) is 18.1. The van der Waals surface area contributed by atoms with Crippen LogP contribution in [-0.2, 0) is 29.0 Å². The zero-order valence-corrected chi connectivity index (χ0v) is 12.1. The van der Waals surface area contributed by atoms with Gasteiger partial charge in [0.05, 0.1) is 6.61 Å². The van der Waals surface area contributed by atoms with Gasteiger partial charge in [0.15, 0.2) is 0 Å². The smallest absolute Gasteiger partial charge is 0.302 e. The Morgan fingerprint density at radius 1 is 1.45 bits per heavy atom. The number of rotatable bonds is 4. The number of ether oxygens (including phenoxy) is 1. The number of carbonyl (C=O) groups excluding carboxylic acids is 1. The molecule has 0 saturated heterocycles. The summed E-state index contributed by atoms with van der Waals surface area (Å²) in [4.78, 5) is 10.2. The Bertz CT molecular complexity index is 88.5. The first-order valence-corrected chi connectivity index (χ1v) is 3.20. The van der Waals surface area contributed by atoms with Gasteiger partial charge >= 0.3 is 5.97 Å². The maximum Gasteiger partial charge on any atom is 0.302 e. The van der Waals surface area contributed by atoms with Crippen molar-refractivity contribution in [3.63, 3.8) is 0 Å². The van der Waals surface area contributed by atoms with E-state index in [1.807, 2.05) is 0 Å². The van der Waals surface area contributed by atoms with E-state index < -0.39 is 0 Å². The molecule has 0 aromatic heterocycles. The maximum atomic E-state index is 10.2. The summed E-state index contributed by atoms with van der Waals surface area (Å²) in [5.74, 6) is -0.195. The van der Waals surface area contributed by atoms with Crippen LogP contribution in [0.2, 0.25) is 0 Å². The normalized spacial score (nSPS) is 7.45. The van der Waals surface area contributed by atoms with Crippen LogP contribution in [0.1, 0.15) is 26.2 Å². The summed E-state index contributed by atoms with van der Waals surface area (Å²) in [6.45, 7) is 5.63. The summed E-state index contributed by atoms with van der Waals surface area (Å²) in [5.41, 5.74) is 0. The molecule has 0 saturated carbocycles. The van der Waals surface area contributed by atoms with Gasteiger partial charge in [0, 0.05) is 26.4 Å². The summed E-state index contributed by atoms with van der Waals surface area (Å²) < 4.78 is 4.68. The molecule has 0 aromatic carbocycles. The van der Waals surface area contributed by atoms with E-state index in [0.717, 1.165) is 19.3 Å². The van der Waals surface area contributed by atoms with Gasteiger partial charge < -0.3 is 28.7 Å². The molecule has 11 heavy (non-hydrogen) atoms.